The molecule has 2 aliphatic rings. The molecule has 0 aromatic heterocycles. The third-order valence-electron chi connectivity index (χ3n) is 5.51. The molecule has 0 N–H and O–H groups in total. The number of rotatable bonds is 8. The molecule has 0 saturated carbocycles. The summed E-state index contributed by atoms with van der Waals surface area (Å²) >= 11 is 0. The van der Waals surface area contributed by atoms with Crippen LogP contribution in [0.25, 0.3) is 0 Å². The Labute approximate surface area is 202 Å². The minimum absolute atomic E-state index is 0.0217. The Morgan fingerprint density at radius 3 is 1.64 bits per heavy atom. The first-order chi connectivity index (χ1) is 15.1. The lowest BCUT2D eigenvalue weighted by atomic mass is 9.95. The van der Waals surface area contributed by atoms with Crippen molar-refractivity contribution in [1.29, 1.82) is 0 Å². The lowest BCUT2D eigenvalue weighted by molar-refractivity contribution is -0.156. The van der Waals surface area contributed by atoms with E-state index in [1.807, 2.05) is 0 Å². The number of nitrogens with zero attached hydrogens (tertiary/aromatic N) is 4. The molecule has 0 radical (unpaired) electrons. The van der Waals surface area contributed by atoms with Crippen molar-refractivity contribution in [1.82, 2.24) is 18.4 Å². The van der Waals surface area contributed by atoms with Gasteiger partial charge in [0.05, 0.1) is 0 Å². The Bertz CT molecular complexity index is 741. The van der Waals surface area contributed by atoms with E-state index in [4.69, 9.17) is 0 Å². The molecule has 0 unspecified atom stereocenters. The first-order valence-electron chi connectivity index (χ1n) is 12.5. The maximum atomic E-state index is 12.1. The Morgan fingerprint density at radius 1 is 0.667 bits per heavy atom. The number of hydrogen-bond donors (Lipinski definition) is 0. The van der Waals surface area contributed by atoms with Crippen molar-refractivity contribution < 1.29 is 18.0 Å². The summed E-state index contributed by atoms with van der Waals surface area (Å²) in [6.07, 6.45) is 4.00. The summed E-state index contributed by atoms with van der Waals surface area (Å²) < 4.78 is 27.5. The van der Waals surface area contributed by atoms with Crippen LogP contribution in [0, 0.1) is 10.8 Å². The number of amides is 2. The van der Waals surface area contributed by atoms with E-state index < -0.39 is 10.2 Å². The van der Waals surface area contributed by atoms with Crippen molar-refractivity contribution in [2.45, 2.75) is 81.1 Å². The van der Waals surface area contributed by atoms with Crippen LogP contribution in [0.5, 0.6) is 0 Å². The van der Waals surface area contributed by atoms with Gasteiger partial charge in [-0.25, -0.2) is 0 Å². The van der Waals surface area contributed by atoms with Crippen molar-refractivity contribution in [2.75, 3.05) is 52.4 Å². The molecule has 2 saturated heterocycles. The van der Waals surface area contributed by atoms with Gasteiger partial charge in [-0.3, -0.25) is 9.59 Å². The fourth-order valence-corrected chi connectivity index (χ4v) is 5.73. The van der Waals surface area contributed by atoms with Crippen LogP contribution in [0.3, 0.4) is 0 Å². The van der Waals surface area contributed by atoms with Gasteiger partial charge < -0.3 is 9.80 Å². The average molecular weight is 489 g/mol. The molecule has 2 fully saturated rings. The maximum absolute atomic E-state index is 12.1. The van der Waals surface area contributed by atoms with E-state index in [2.05, 4.69) is 55.4 Å². The molecule has 9 heteroatoms. The van der Waals surface area contributed by atoms with Crippen LogP contribution in [0.15, 0.2) is 0 Å². The highest BCUT2D eigenvalue weighted by Crippen LogP contribution is 2.23. The summed E-state index contributed by atoms with van der Waals surface area (Å²) in [5.74, 6) is -0.656. The van der Waals surface area contributed by atoms with Crippen LogP contribution in [-0.2, 0) is 19.8 Å². The highest BCUT2D eigenvalue weighted by molar-refractivity contribution is 7.87. The molecule has 2 heterocycles. The maximum Gasteiger partial charge on any atom is 0.312 e. The largest absolute Gasteiger partial charge is 0.333 e. The quantitative estimate of drug-likeness (QED) is 0.492. The lowest BCUT2D eigenvalue weighted by Crippen LogP contribution is -2.55. The summed E-state index contributed by atoms with van der Waals surface area (Å²) in [6, 6.07) is 0. The van der Waals surface area contributed by atoms with E-state index in [-0.39, 0.29) is 22.6 Å². The van der Waals surface area contributed by atoms with Crippen LogP contribution in [0.4, 0.5) is 0 Å². The van der Waals surface area contributed by atoms with Gasteiger partial charge in [0, 0.05) is 52.4 Å². The van der Waals surface area contributed by atoms with Gasteiger partial charge in [0.15, 0.2) is 0 Å². The smallest absolute Gasteiger partial charge is 0.312 e. The molecule has 2 aliphatic heterocycles. The van der Waals surface area contributed by atoms with Crippen LogP contribution in [0.1, 0.15) is 81.1 Å². The predicted molar refractivity (Wildman–Crippen MR) is 134 cm³/mol. The second-order valence-electron chi connectivity index (χ2n) is 11.6. The van der Waals surface area contributed by atoms with Crippen LogP contribution >= 0.6 is 0 Å². The number of hydrogen-bond acceptors (Lipinski definition) is 4. The Morgan fingerprint density at radius 2 is 1.12 bits per heavy atom. The van der Waals surface area contributed by atoms with Crippen molar-refractivity contribution in [2.24, 2.45) is 10.8 Å². The summed E-state index contributed by atoms with van der Waals surface area (Å²) in [6.45, 7) is 21.9. The molecule has 33 heavy (non-hydrogen) atoms. The van der Waals surface area contributed by atoms with Crippen LogP contribution in [0.2, 0.25) is 0 Å². The van der Waals surface area contributed by atoms with Crippen molar-refractivity contribution in [3.05, 3.63) is 0 Å². The molecule has 194 valence electrons. The van der Waals surface area contributed by atoms with E-state index in [1.54, 1.807) is 18.4 Å². The zero-order chi connectivity index (χ0) is 25.4. The van der Waals surface area contributed by atoms with Crippen molar-refractivity contribution in [3.8, 4) is 0 Å². The highest BCUT2D eigenvalue weighted by Gasteiger charge is 2.37. The van der Waals surface area contributed by atoms with Gasteiger partial charge in [0.25, 0.3) is 10.2 Å². The topological polar surface area (TPSA) is 81.2 Å². The van der Waals surface area contributed by atoms with E-state index >= 15 is 0 Å². The summed E-state index contributed by atoms with van der Waals surface area (Å²) in [4.78, 5) is 27.1. The van der Waals surface area contributed by atoms with Crippen molar-refractivity contribution in [3.63, 3.8) is 0 Å². The number of carbonyl (C=O) groups excluding carboxylic acids is 2. The summed E-state index contributed by atoms with van der Waals surface area (Å²) in [7, 11) is -3.17. The second-order valence-corrected chi connectivity index (χ2v) is 13.5. The number of carbonyl (C=O) groups is 2. The molecule has 8 nitrogen and oxygen atoms in total. The predicted octanol–water partition coefficient (Wildman–Crippen LogP) is 3.20. The summed E-state index contributed by atoms with van der Waals surface area (Å²) in [5.41, 5.74) is 0.0648. The molecular formula is C24H48N4O4S. The van der Waals surface area contributed by atoms with Crippen LogP contribution in [-0.4, -0.2) is 91.0 Å². The second kappa shape index (κ2) is 12.5. The van der Waals surface area contributed by atoms with E-state index in [0.717, 1.165) is 25.7 Å². The normalized spacial score (nSPS) is 20.2. The van der Waals surface area contributed by atoms with Crippen molar-refractivity contribution >= 4 is 22.0 Å². The molecular weight excluding hydrogens is 440 g/mol. The fraction of sp³-hybridized carbons (Fsp3) is 0.917. The monoisotopic (exact) mass is 488 g/mol. The highest BCUT2D eigenvalue weighted by atomic mass is 32.2. The first-order valence-corrected chi connectivity index (χ1v) is 13.9. The van der Waals surface area contributed by atoms with Gasteiger partial charge in [0.2, 0.25) is 0 Å². The van der Waals surface area contributed by atoms with Crippen LogP contribution < -0.4 is 0 Å². The molecule has 0 spiro atoms. The Balaban J connectivity index is 0.000000331. The molecule has 0 aromatic rings. The molecule has 0 aliphatic carbocycles. The molecule has 0 aromatic carbocycles. The zero-order valence-corrected chi connectivity index (χ0v) is 23.1. The number of unbranched alkanes of at least 4 members (excludes halogenated alkanes) is 2. The van der Waals surface area contributed by atoms with Gasteiger partial charge in [0.1, 0.15) is 0 Å². The molecule has 2 rings (SSSR count). The third kappa shape index (κ3) is 9.91. The molecule has 0 bridgehead atoms. The first kappa shape index (κ1) is 29.8. The van der Waals surface area contributed by atoms with Gasteiger partial charge in [-0.2, -0.15) is 17.0 Å². The zero-order valence-electron chi connectivity index (χ0n) is 22.3. The van der Waals surface area contributed by atoms with E-state index in [0.29, 0.717) is 52.4 Å². The number of piperazine rings is 1. The minimum atomic E-state index is -3.17. The van der Waals surface area contributed by atoms with Gasteiger partial charge in [-0.1, -0.05) is 68.2 Å². The Hall–Kier alpha value is -1.19. The van der Waals surface area contributed by atoms with Gasteiger partial charge in [-0.15, -0.1) is 0 Å². The minimum Gasteiger partial charge on any atom is -0.333 e. The van der Waals surface area contributed by atoms with E-state index in [9.17, 15) is 18.0 Å². The molecule has 0 atom stereocenters. The molecule has 2 amide bonds. The average Bonchev–Trinajstić information content (AvgIpc) is 2.95. The lowest BCUT2D eigenvalue weighted by Gasteiger charge is -2.36. The fourth-order valence-electron chi connectivity index (χ4n) is 3.87. The third-order valence-corrected chi connectivity index (χ3v) is 7.49. The van der Waals surface area contributed by atoms with Gasteiger partial charge >= 0.3 is 11.8 Å². The van der Waals surface area contributed by atoms with E-state index in [1.165, 1.54) is 0 Å². The Kier molecular flexibility index (Phi) is 11.3. The SMILES string of the molecule is CCCCN1CCN(CC(C)(C)C)C(=O)C1=O.CCCCN1CCN(CC(C)(C)C)S1(=O)=O. The summed E-state index contributed by atoms with van der Waals surface area (Å²) in [5, 5.41) is 0. The standard InChI is InChI=1S/C13H24N2O2.C11H24N2O2S/c1-5-6-7-14-8-9-15(10-13(2,3)4)12(17)11(14)16;1-5-6-7-12-8-9-13(16(12,14)15)10-11(2,3)4/h5-10H2,1-4H3;5-10H2,1-4H3. The van der Waals surface area contributed by atoms with Gasteiger partial charge in [-0.05, 0) is 23.7 Å².